The molecule has 2 rings (SSSR count). The third-order valence-corrected chi connectivity index (χ3v) is 4.51. The summed E-state index contributed by atoms with van der Waals surface area (Å²) in [5, 5.41) is 3.50. The Morgan fingerprint density at radius 1 is 1.43 bits per heavy atom. The fraction of sp³-hybridized carbons (Fsp3) is 1.00. The summed E-state index contributed by atoms with van der Waals surface area (Å²) in [5.41, 5.74) is 0.631. The highest BCUT2D eigenvalue weighted by Gasteiger charge is 2.45. The first-order chi connectivity index (χ1) is 6.63. The average molecular weight is 196 g/mol. The lowest BCUT2D eigenvalue weighted by atomic mass is 9.96. The molecule has 2 fully saturated rings. The quantitative estimate of drug-likeness (QED) is 0.741. The van der Waals surface area contributed by atoms with Crippen LogP contribution in [0.25, 0.3) is 0 Å². The Balaban J connectivity index is 1.89. The molecule has 0 aromatic carbocycles. The van der Waals surface area contributed by atoms with Gasteiger partial charge in [0.1, 0.15) is 0 Å². The molecule has 2 heteroatoms. The van der Waals surface area contributed by atoms with E-state index in [1.807, 2.05) is 0 Å². The predicted molar refractivity (Wildman–Crippen MR) is 60.5 cm³/mol. The van der Waals surface area contributed by atoms with Gasteiger partial charge in [0.05, 0.1) is 0 Å². The van der Waals surface area contributed by atoms with Crippen molar-refractivity contribution in [1.82, 2.24) is 10.2 Å². The molecule has 0 bridgehead atoms. The van der Waals surface area contributed by atoms with E-state index in [2.05, 4.69) is 31.1 Å². The van der Waals surface area contributed by atoms with Crippen molar-refractivity contribution in [2.45, 2.75) is 51.6 Å². The van der Waals surface area contributed by atoms with Gasteiger partial charge in [-0.25, -0.2) is 0 Å². The van der Waals surface area contributed by atoms with Crippen molar-refractivity contribution in [3.63, 3.8) is 0 Å². The van der Waals surface area contributed by atoms with Gasteiger partial charge in [0.2, 0.25) is 0 Å². The maximum Gasteiger partial charge on any atom is 0.0221 e. The first-order valence-electron chi connectivity index (χ1n) is 6.06. The number of hydrogen-bond donors (Lipinski definition) is 1. The highest BCUT2D eigenvalue weighted by atomic mass is 15.2. The maximum absolute atomic E-state index is 3.50. The molecule has 2 unspecified atom stereocenters. The molecule has 1 N–H and O–H groups in total. The zero-order valence-corrected chi connectivity index (χ0v) is 9.84. The second-order valence-corrected chi connectivity index (χ2v) is 5.50. The number of hydrogen-bond acceptors (Lipinski definition) is 2. The van der Waals surface area contributed by atoms with Crippen LogP contribution >= 0.6 is 0 Å². The van der Waals surface area contributed by atoms with Crippen molar-refractivity contribution in [2.24, 2.45) is 5.41 Å². The second kappa shape index (κ2) is 3.82. The SMILES string of the molecule is CC(N(C)C1CCCNC1)C1(C)CC1. The van der Waals surface area contributed by atoms with E-state index in [4.69, 9.17) is 0 Å². The summed E-state index contributed by atoms with van der Waals surface area (Å²) in [6.07, 6.45) is 5.58. The van der Waals surface area contributed by atoms with Crippen molar-refractivity contribution in [1.29, 1.82) is 0 Å². The van der Waals surface area contributed by atoms with Crippen molar-refractivity contribution >= 4 is 0 Å². The second-order valence-electron chi connectivity index (χ2n) is 5.50. The van der Waals surface area contributed by atoms with Gasteiger partial charge in [-0.15, -0.1) is 0 Å². The molecule has 1 saturated carbocycles. The minimum Gasteiger partial charge on any atom is -0.315 e. The van der Waals surface area contributed by atoms with Crippen LogP contribution in [0.1, 0.15) is 39.5 Å². The van der Waals surface area contributed by atoms with Crippen LogP contribution < -0.4 is 5.32 Å². The molecule has 14 heavy (non-hydrogen) atoms. The van der Waals surface area contributed by atoms with Gasteiger partial charge < -0.3 is 5.32 Å². The van der Waals surface area contributed by atoms with Crippen molar-refractivity contribution in [3.8, 4) is 0 Å². The lowest BCUT2D eigenvalue weighted by Gasteiger charge is -2.38. The minimum absolute atomic E-state index is 0.631. The van der Waals surface area contributed by atoms with E-state index in [0.717, 1.165) is 12.1 Å². The maximum atomic E-state index is 3.50. The Kier molecular flexibility index (Phi) is 2.85. The number of nitrogens with one attached hydrogen (secondary N) is 1. The van der Waals surface area contributed by atoms with E-state index >= 15 is 0 Å². The van der Waals surface area contributed by atoms with Crippen LogP contribution in [0.4, 0.5) is 0 Å². The zero-order valence-electron chi connectivity index (χ0n) is 9.84. The van der Waals surface area contributed by atoms with Gasteiger partial charge in [-0.2, -0.15) is 0 Å². The van der Waals surface area contributed by atoms with Gasteiger partial charge >= 0.3 is 0 Å². The summed E-state index contributed by atoms with van der Waals surface area (Å²) in [5.74, 6) is 0. The van der Waals surface area contributed by atoms with Crippen molar-refractivity contribution in [3.05, 3.63) is 0 Å². The molecule has 0 amide bonds. The first kappa shape index (κ1) is 10.4. The molecule has 1 saturated heterocycles. The van der Waals surface area contributed by atoms with Gasteiger partial charge in [0, 0.05) is 18.6 Å². The van der Waals surface area contributed by atoms with E-state index in [9.17, 15) is 0 Å². The Labute approximate surface area is 88.1 Å². The van der Waals surface area contributed by atoms with Gasteiger partial charge in [-0.1, -0.05) is 6.92 Å². The van der Waals surface area contributed by atoms with Crippen LogP contribution in [0, 0.1) is 5.41 Å². The summed E-state index contributed by atoms with van der Waals surface area (Å²) in [4.78, 5) is 2.61. The largest absolute Gasteiger partial charge is 0.315 e. The van der Waals surface area contributed by atoms with Gasteiger partial charge in [0.15, 0.2) is 0 Å². The van der Waals surface area contributed by atoms with E-state index in [0.29, 0.717) is 5.41 Å². The summed E-state index contributed by atoms with van der Waals surface area (Å²) >= 11 is 0. The molecule has 1 heterocycles. The van der Waals surface area contributed by atoms with Gasteiger partial charge in [0.25, 0.3) is 0 Å². The average Bonchev–Trinajstić information content (AvgIpc) is 2.97. The zero-order chi connectivity index (χ0) is 10.2. The molecular weight excluding hydrogens is 172 g/mol. The third kappa shape index (κ3) is 1.96. The van der Waals surface area contributed by atoms with Gasteiger partial charge in [-0.3, -0.25) is 4.90 Å². The number of nitrogens with zero attached hydrogens (tertiary/aromatic N) is 1. The standard InChI is InChI=1S/C12H24N2/c1-10(12(2)6-7-12)14(3)11-5-4-8-13-9-11/h10-11,13H,4-9H2,1-3H3. The fourth-order valence-corrected chi connectivity index (χ4v) is 2.60. The smallest absolute Gasteiger partial charge is 0.0221 e. The summed E-state index contributed by atoms with van der Waals surface area (Å²) in [6.45, 7) is 7.25. The molecule has 0 radical (unpaired) electrons. The number of rotatable bonds is 3. The fourth-order valence-electron chi connectivity index (χ4n) is 2.60. The molecule has 0 aromatic rings. The van der Waals surface area contributed by atoms with Crippen molar-refractivity contribution < 1.29 is 0 Å². The molecule has 0 aromatic heterocycles. The Bertz CT molecular complexity index is 192. The normalized spacial score (nSPS) is 33.0. The van der Waals surface area contributed by atoms with E-state index in [-0.39, 0.29) is 0 Å². The highest BCUT2D eigenvalue weighted by Crippen LogP contribution is 2.49. The summed E-state index contributed by atoms with van der Waals surface area (Å²) < 4.78 is 0. The molecule has 2 aliphatic rings. The molecule has 0 spiro atoms. The third-order valence-electron chi connectivity index (χ3n) is 4.51. The van der Waals surface area contributed by atoms with Crippen LogP contribution in [0.3, 0.4) is 0 Å². The molecule has 1 aliphatic carbocycles. The van der Waals surface area contributed by atoms with E-state index in [1.165, 1.54) is 38.8 Å². The van der Waals surface area contributed by atoms with E-state index < -0.39 is 0 Å². The Morgan fingerprint density at radius 2 is 2.14 bits per heavy atom. The predicted octanol–water partition coefficient (Wildman–Crippen LogP) is 1.86. The number of likely N-dealkylation sites (N-methyl/N-ethyl adjacent to an activating group) is 1. The Morgan fingerprint density at radius 3 is 2.64 bits per heavy atom. The van der Waals surface area contributed by atoms with Crippen LogP contribution in [-0.4, -0.2) is 37.1 Å². The van der Waals surface area contributed by atoms with Crippen LogP contribution in [-0.2, 0) is 0 Å². The van der Waals surface area contributed by atoms with Crippen LogP contribution in [0.5, 0.6) is 0 Å². The lowest BCUT2D eigenvalue weighted by Crippen LogP contribution is -2.49. The molecule has 82 valence electrons. The van der Waals surface area contributed by atoms with Crippen molar-refractivity contribution in [2.75, 3.05) is 20.1 Å². The minimum atomic E-state index is 0.631. The van der Waals surface area contributed by atoms with Gasteiger partial charge in [-0.05, 0) is 51.6 Å². The molecule has 1 aliphatic heterocycles. The monoisotopic (exact) mass is 196 g/mol. The van der Waals surface area contributed by atoms with E-state index in [1.54, 1.807) is 0 Å². The highest BCUT2D eigenvalue weighted by molar-refractivity contribution is 4.98. The molecule has 2 nitrogen and oxygen atoms in total. The van der Waals surface area contributed by atoms with Crippen LogP contribution in [0.2, 0.25) is 0 Å². The molecular formula is C12H24N2. The molecule has 2 atom stereocenters. The lowest BCUT2D eigenvalue weighted by molar-refractivity contribution is 0.112. The topological polar surface area (TPSA) is 15.3 Å². The Hall–Kier alpha value is -0.0800. The van der Waals surface area contributed by atoms with Crippen LogP contribution in [0.15, 0.2) is 0 Å². The summed E-state index contributed by atoms with van der Waals surface area (Å²) in [6, 6.07) is 1.53. The number of piperidine rings is 1. The first-order valence-corrected chi connectivity index (χ1v) is 6.06. The summed E-state index contributed by atoms with van der Waals surface area (Å²) in [7, 11) is 2.31.